The van der Waals surface area contributed by atoms with Gasteiger partial charge in [0.15, 0.2) is 0 Å². The Morgan fingerprint density at radius 2 is 1.90 bits per heavy atom. The van der Waals surface area contributed by atoms with Gasteiger partial charge in [-0.15, -0.1) is 0 Å². The Balaban J connectivity index is 1.63. The Bertz CT molecular complexity index is 1170. The van der Waals surface area contributed by atoms with Crippen molar-refractivity contribution in [3.8, 4) is 11.3 Å². The molecule has 0 fully saturated rings. The zero-order chi connectivity index (χ0) is 20.1. The fourth-order valence-electron chi connectivity index (χ4n) is 3.09. The Kier molecular flexibility index (Phi) is 5.38. The molecule has 5 heteroatoms. The molecule has 1 amide bonds. The van der Waals surface area contributed by atoms with Crippen molar-refractivity contribution in [2.24, 2.45) is 5.10 Å². The lowest BCUT2D eigenvalue weighted by molar-refractivity contribution is 0.0956. The lowest BCUT2D eigenvalue weighted by Gasteiger charge is -2.08. The van der Waals surface area contributed by atoms with E-state index in [0.717, 1.165) is 28.5 Å². The molecule has 29 heavy (non-hydrogen) atoms. The van der Waals surface area contributed by atoms with Crippen molar-refractivity contribution in [2.75, 3.05) is 0 Å². The molecule has 2 heterocycles. The second kappa shape index (κ2) is 8.44. The maximum Gasteiger partial charge on any atom is 0.272 e. The van der Waals surface area contributed by atoms with Crippen molar-refractivity contribution in [1.82, 2.24) is 15.4 Å². The molecule has 1 N–H and O–H groups in total. The topological polar surface area (TPSA) is 67.2 Å². The molecule has 0 aliphatic heterocycles. The van der Waals surface area contributed by atoms with Gasteiger partial charge in [-0.05, 0) is 41.8 Å². The number of para-hydroxylation sites is 1. The van der Waals surface area contributed by atoms with Crippen LogP contribution >= 0.6 is 0 Å². The summed E-state index contributed by atoms with van der Waals surface area (Å²) in [5.41, 5.74) is 7.64. The molecule has 5 nitrogen and oxygen atoms in total. The second-order valence-electron chi connectivity index (χ2n) is 6.61. The standard InChI is InChI=1S/C24H20N4O/c1-2-17-9-11-18(12-10-17)15-26-28-24(29)21-14-23(19-6-5-13-25-16-19)27-22-8-4-3-7-20(21)22/h3-16H,2H2,1H3,(H,28,29)/b26-15-. The van der Waals surface area contributed by atoms with Crippen molar-refractivity contribution in [2.45, 2.75) is 13.3 Å². The van der Waals surface area contributed by atoms with E-state index in [2.05, 4.69) is 39.6 Å². The molecule has 0 spiro atoms. The first-order valence-electron chi connectivity index (χ1n) is 9.47. The van der Waals surface area contributed by atoms with Crippen LogP contribution < -0.4 is 5.43 Å². The summed E-state index contributed by atoms with van der Waals surface area (Å²) in [7, 11) is 0. The van der Waals surface area contributed by atoms with E-state index in [1.54, 1.807) is 24.7 Å². The largest absolute Gasteiger partial charge is 0.272 e. The highest BCUT2D eigenvalue weighted by Crippen LogP contribution is 2.24. The van der Waals surface area contributed by atoms with Crippen LogP contribution in [0, 0.1) is 0 Å². The number of carbonyl (C=O) groups is 1. The minimum absolute atomic E-state index is 0.282. The number of fused-ring (bicyclic) bond motifs is 1. The summed E-state index contributed by atoms with van der Waals surface area (Å²) in [5.74, 6) is -0.282. The van der Waals surface area contributed by atoms with Gasteiger partial charge in [0.2, 0.25) is 0 Å². The van der Waals surface area contributed by atoms with Gasteiger partial charge >= 0.3 is 0 Å². The SMILES string of the molecule is CCc1ccc(/C=N\NC(=O)c2cc(-c3cccnc3)nc3ccccc23)cc1. The van der Waals surface area contributed by atoms with Gasteiger partial charge in [0.05, 0.1) is 23.0 Å². The van der Waals surface area contributed by atoms with Gasteiger partial charge in [-0.1, -0.05) is 49.4 Å². The van der Waals surface area contributed by atoms with Gasteiger partial charge in [0.25, 0.3) is 5.91 Å². The Hall–Kier alpha value is -3.86. The van der Waals surface area contributed by atoms with E-state index in [9.17, 15) is 4.79 Å². The zero-order valence-corrected chi connectivity index (χ0v) is 16.0. The first-order chi connectivity index (χ1) is 14.2. The normalized spacial score (nSPS) is 11.1. The number of aromatic nitrogens is 2. The number of pyridine rings is 2. The third kappa shape index (κ3) is 4.19. The molecule has 2 aromatic heterocycles. The minimum Gasteiger partial charge on any atom is -0.267 e. The molecule has 0 unspecified atom stereocenters. The van der Waals surface area contributed by atoms with Crippen molar-refractivity contribution < 1.29 is 4.79 Å². The molecule has 0 radical (unpaired) electrons. The minimum atomic E-state index is -0.282. The number of hydrogen-bond donors (Lipinski definition) is 1. The average Bonchev–Trinajstić information content (AvgIpc) is 2.79. The summed E-state index contributed by atoms with van der Waals surface area (Å²) < 4.78 is 0. The van der Waals surface area contributed by atoms with Gasteiger partial charge in [0.1, 0.15) is 0 Å². The van der Waals surface area contributed by atoms with Crippen molar-refractivity contribution >= 4 is 23.0 Å². The highest BCUT2D eigenvalue weighted by molar-refractivity contribution is 6.07. The Morgan fingerprint density at radius 1 is 1.07 bits per heavy atom. The summed E-state index contributed by atoms with van der Waals surface area (Å²) in [6, 6.07) is 21.2. The first-order valence-corrected chi connectivity index (χ1v) is 9.47. The molecule has 2 aromatic carbocycles. The van der Waals surface area contributed by atoms with Gasteiger partial charge in [0, 0.05) is 23.3 Å². The quantitative estimate of drug-likeness (QED) is 0.406. The number of benzene rings is 2. The lowest BCUT2D eigenvalue weighted by Crippen LogP contribution is -2.18. The van der Waals surface area contributed by atoms with E-state index in [4.69, 9.17) is 0 Å². The second-order valence-corrected chi connectivity index (χ2v) is 6.61. The van der Waals surface area contributed by atoms with Crippen LogP contribution in [0.4, 0.5) is 0 Å². The van der Waals surface area contributed by atoms with Gasteiger partial charge in [-0.3, -0.25) is 9.78 Å². The third-order valence-electron chi connectivity index (χ3n) is 4.69. The summed E-state index contributed by atoms with van der Waals surface area (Å²) >= 11 is 0. The monoisotopic (exact) mass is 380 g/mol. The lowest BCUT2D eigenvalue weighted by atomic mass is 10.0. The smallest absolute Gasteiger partial charge is 0.267 e. The summed E-state index contributed by atoms with van der Waals surface area (Å²) in [5, 5.41) is 4.90. The Morgan fingerprint density at radius 3 is 2.66 bits per heavy atom. The predicted octanol–water partition coefficient (Wildman–Crippen LogP) is 4.62. The molecular formula is C24H20N4O. The predicted molar refractivity (Wildman–Crippen MR) is 116 cm³/mol. The fraction of sp³-hybridized carbons (Fsp3) is 0.0833. The van der Waals surface area contributed by atoms with Crippen LogP contribution in [0.5, 0.6) is 0 Å². The number of nitrogens with one attached hydrogen (secondary N) is 1. The number of carbonyl (C=O) groups excluding carboxylic acids is 1. The van der Waals surface area contributed by atoms with E-state index in [1.165, 1.54) is 5.56 Å². The van der Waals surface area contributed by atoms with E-state index in [-0.39, 0.29) is 5.91 Å². The first kappa shape index (κ1) is 18.5. The van der Waals surface area contributed by atoms with Crippen LogP contribution in [0.15, 0.2) is 84.2 Å². The van der Waals surface area contributed by atoms with E-state index in [0.29, 0.717) is 11.3 Å². The van der Waals surface area contributed by atoms with Crippen LogP contribution in [0.1, 0.15) is 28.4 Å². The molecule has 142 valence electrons. The van der Waals surface area contributed by atoms with Crippen LogP contribution in [-0.2, 0) is 6.42 Å². The fourth-order valence-corrected chi connectivity index (χ4v) is 3.09. The zero-order valence-electron chi connectivity index (χ0n) is 16.0. The van der Waals surface area contributed by atoms with Crippen molar-refractivity contribution in [3.05, 3.63) is 95.8 Å². The maximum atomic E-state index is 12.9. The third-order valence-corrected chi connectivity index (χ3v) is 4.69. The Labute approximate surface area is 169 Å². The molecule has 4 rings (SSSR count). The van der Waals surface area contributed by atoms with Gasteiger partial charge in [-0.2, -0.15) is 5.10 Å². The maximum absolute atomic E-state index is 12.9. The number of rotatable bonds is 5. The number of nitrogens with zero attached hydrogens (tertiary/aromatic N) is 3. The van der Waals surface area contributed by atoms with E-state index in [1.807, 2.05) is 48.5 Å². The van der Waals surface area contributed by atoms with Crippen LogP contribution in [-0.4, -0.2) is 22.1 Å². The number of aryl methyl sites for hydroxylation is 1. The van der Waals surface area contributed by atoms with Crippen molar-refractivity contribution in [1.29, 1.82) is 0 Å². The average molecular weight is 380 g/mol. The molecule has 0 atom stereocenters. The molecule has 0 bridgehead atoms. The summed E-state index contributed by atoms with van der Waals surface area (Å²) in [6.07, 6.45) is 6.07. The molecular weight excluding hydrogens is 360 g/mol. The summed E-state index contributed by atoms with van der Waals surface area (Å²) in [4.78, 5) is 21.7. The number of hydrazone groups is 1. The molecule has 0 aliphatic rings. The molecule has 0 saturated heterocycles. The van der Waals surface area contributed by atoms with Crippen LogP contribution in [0.25, 0.3) is 22.2 Å². The highest BCUT2D eigenvalue weighted by Gasteiger charge is 2.13. The number of hydrogen-bond acceptors (Lipinski definition) is 4. The summed E-state index contributed by atoms with van der Waals surface area (Å²) in [6.45, 7) is 2.11. The number of amides is 1. The van der Waals surface area contributed by atoms with Crippen LogP contribution in [0.3, 0.4) is 0 Å². The van der Waals surface area contributed by atoms with Gasteiger partial charge in [-0.25, -0.2) is 10.4 Å². The molecule has 0 saturated carbocycles. The van der Waals surface area contributed by atoms with Gasteiger partial charge < -0.3 is 0 Å². The molecule has 0 aliphatic carbocycles. The highest BCUT2D eigenvalue weighted by atomic mass is 16.2. The van der Waals surface area contributed by atoms with E-state index < -0.39 is 0 Å². The molecule has 4 aromatic rings. The van der Waals surface area contributed by atoms with Crippen molar-refractivity contribution in [3.63, 3.8) is 0 Å². The van der Waals surface area contributed by atoms with E-state index >= 15 is 0 Å². The van der Waals surface area contributed by atoms with Crippen LogP contribution in [0.2, 0.25) is 0 Å².